The van der Waals surface area contributed by atoms with E-state index in [0.717, 1.165) is 57.6 Å². The Hall–Kier alpha value is -3.64. The van der Waals surface area contributed by atoms with Crippen molar-refractivity contribution < 1.29 is 4.74 Å². The van der Waals surface area contributed by atoms with Crippen LogP contribution in [0.2, 0.25) is 0 Å². The maximum Gasteiger partial charge on any atom is 0.137 e. The summed E-state index contributed by atoms with van der Waals surface area (Å²) in [6, 6.07) is 12.9. The van der Waals surface area contributed by atoms with E-state index in [1.165, 1.54) is 11.1 Å². The van der Waals surface area contributed by atoms with Crippen molar-refractivity contribution in [1.29, 1.82) is 0 Å². The fourth-order valence-electron chi connectivity index (χ4n) is 4.55. The molecule has 1 aliphatic rings. The normalized spacial score (nSPS) is 13.9. The summed E-state index contributed by atoms with van der Waals surface area (Å²) in [6.45, 7) is 1.92. The average molecular weight is 395 g/mol. The van der Waals surface area contributed by atoms with E-state index in [2.05, 4.69) is 63.4 Å². The molecule has 0 fully saturated rings. The van der Waals surface area contributed by atoms with E-state index in [1.807, 2.05) is 29.3 Å². The third kappa shape index (κ3) is 2.54. The van der Waals surface area contributed by atoms with Crippen LogP contribution in [-0.2, 0) is 13.1 Å². The van der Waals surface area contributed by atoms with Crippen LogP contribution in [0.3, 0.4) is 0 Å². The summed E-state index contributed by atoms with van der Waals surface area (Å²) >= 11 is 0. The van der Waals surface area contributed by atoms with Gasteiger partial charge in [-0.3, -0.25) is 4.90 Å². The van der Waals surface area contributed by atoms with Crippen LogP contribution >= 0.6 is 0 Å². The van der Waals surface area contributed by atoms with E-state index in [9.17, 15) is 0 Å². The minimum atomic E-state index is 0.890. The summed E-state index contributed by atoms with van der Waals surface area (Å²) in [7, 11) is 3.88. The van der Waals surface area contributed by atoms with Crippen molar-refractivity contribution in [3.8, 4) is 28.0 Å². The fourth-order valence-corrected chi connectivity index (χ4v) is 4.55. The standard InChI is InChI=1S/C24H21N5O/c1-28-13-16-9-20(23(30-2)11-17(16)14-28)21-12-27-29-8-5-15(10-22(21)29)18-3-6-25-24-19(18)4-7-26-24/h3-12H,13-14H2,1-2H3,(H,25,26). The van der Waals surface area contributed by atoms with Crippen LogP contribution in [0.25, 0.3) is 38.8 Å². The molecule has 1 N–H and O–H groups in total. The number of nitrogens with one attached hydrogen (secondary N) is 1. The minimum absolute atomic E-state index is 0.890. The van der Waals surface area contributed by atoms with Crippen molar-refractivity contribution >= 4 is 16.6 Å². The SMILES string of the molecule is COc1cc2c(cc1-c1cnn3ccc(-c4ccnc5[nH]ccc45)cc13)CN(C)C2. The van der Waals surface area contributed by atoms with E-state index in [1.54, 1.807) is 7.11 Å². The lowest BCUT2D eigenvalue weighted by Crippen LogP contribution is -2.07. The third-order valence-corrected chi connectivity index (χ3v) is 5.99. The highest BCUT2D eigenvalue weighted by atomic mass is 16.5. The van der Waals surface area contributed by atoms with E-state index in [-0.39, 0.29) is 0 Å². The van der Waals surface area contributed by atoms with Crippen molar-refractivity contribution in [1.82, 2.24) is 24.5 Å². The van der Waals surface area contributed by atoms with Crippen molar-refractivity contribution in [2.45, 2.75) is 13.1 Å². The molecular formula is C24H21N5O. The Kier molecular flexibility index (Phi) is 3.70. The molecular weight excluding hydrogens is 374 g/mol. The first kappa shape index (κ1) is 17.2. The number of benzene rings is 1. The smallest absolute Gasteiger partial charge is 0.137 e. The summed E-state index contributed by atoms with van der Waals surface area (Å²) in [5, 5.41) is 5.71. The highest BCUT2D eigenvalue weighted by molar-refractivity contribution is 5.95. The number of aromatic amines is 1. The predicted octanol–water partition coefficient (Wildman–Crippen LogP) is 4.50. The number of aromatic nitrogens is 4. The Bertz CT molecular complexity index is 1410. The summed E-state index contributed by atoms with van der Waals surface area (Å²) < 4.78 is 7.70. The molecule has 5 heterocycles. The van der Waals surface area contributed by atoms with Crippen molar-refractivity contribution in [3.05, 3.63) is 72.3 Å². The van der Waals surface area contributed by atoms with Gasteiger partial charge in [0.25, 0.3) is 0 Å². The molecule has 1 aliphatic heterocycles. The molecule has 0 saturated carbocycles. The van der Waals surface area contributed by atoms with E-state index < -0.39 is 0 Å². The van der Waals surface area contributed by atoms with Crippen LogP contribution in [0.4, 0.5) is 0 Å². The second-order valence-corrected chi connectivity index (χ2v) is 7.90. The largest absolute Gasteiger partial charge is 0.496 e. The highest BCUT2D eigenvalue weighted by Crippen LogP contribution is 2.39. The van der Waals surface area contributed by atoms with Crippen LogP contribution in [0.15, 0.2) is 61.2 Å². The minimum Gasteiger partial charge on any atom is -0.496 e. The van der Waals surface area contributed by atoms with Crippen molar-refractivity contribution in [2.75, 3.05) is 14.2 Å². The number of hydrogen-bond donors (Lipinski definition) is 1. The van der Waals surface area contributed by atoms with Gasteiger partial charge >= 0.3 is 0 Å². The van der Waals surface area contributed by atoms with Gasteiger partial charge in [-0.2, -0.15) is 5.10 Å². The van der Waals surface area contributed by atoms with Gasteiger partial charge in [0, 0.05) is 48.2 Å². The second kappa shape index (κ2) is 6.43. The number of ether oxygens (including phenoxy) is 1. The van der Waals surface area contributed by atoms with Crippen molar-refractivity contribution in [2.24, 2.45) is 0 Å². The number of fused-ring (bicyclic) bond motifs is 3. The number of nitrogens with zero attached hydrogens (tertiary/aromatic N) is 4. The molecule has 0 amide bonds. The van der Waals surface area contributed by atoms with Gasteiger partial charge in [0.05, 0.1) is 18.8 Å². The number of methoxy groups -OCH3 is 1. The van der Waals surface area contributed by atoms with Crippen LogP contribution < -0.4 is 4.74 Å². The molecule has 0 radical (unpaired) electrons. The lowest BCUT2D eigenvalue weighted by atomic mass is 9.98. The van der Waals surface area contributed by atoms with Gasteiger partial charge in [-0.1, -0.05) is 0 Å². The highest BCUT2D eigenvalue weighted by Gasteiger charge is 2.21. The van der Waals surface area contributed by atoms with E-state index >= 15 is 0 Å². The Labute approximate surface area is 173 Å². The molecule has 5 aromatic rings. The molecule has 0 spiro atoms. The van der Waals surface area contributed by atoms with Crippen LogP contribution in [0.5, 0.6) is 5.75 Å². The Balaban J connectivity index is 1.55. The quantitative estimate of drug-likeness (QED) is 0.489. The first-order valence-electron chi connectivity index (χ1n) is 10.00. The number of hydrogen-bond acceptors (Lipinski definition) is 4. The van der Waals surface area contributed by atoms with Crippen LogP contribution in [0, 0.1) is 0 Å². The topological polar surface area (TPSA) is 58.5 Å². The van der Waals surface area contributed by atoms with Gasteiger partial charge in [-0.15, -0.1) is 0 Å². The zero-order valence-corrected chi connectivity index (χ0v) is 16.9. The van der Waals surface area contributed by atoms with E-state index in [0.29, 0.717) is 0 Å². The monoisotopic (exact) mass is 395 g/mol. The maximum atomic E-state index is 5.77. The molecule has 0 aliphatic carbocycles. The van der Waals surface area contributed by atoms with Crippen molar-refractivity contribution in [3.63, 3.8) is 0 Å². The maximum absolute atomic E-state index is 5.77. The Morgan fingerprint density at radius 1 is 1.00 bits per heavy atom. The molecule has 148 valence electrons. The summed E-state index contributed by atoms with van der Waals surface area (Å²) in [4.78, 5) is 9.92. The molecule has 4 aromatic heterocycles. The Morgan fingerprint density at radius 3 is 2.73 bits per heavy atom. The Morgan fingerprint density at radius 2 is 1.87 bits per heavy atom. The summed E-state index contributed by atoms with van der Waals surface area (Å²) in [5.74, 6) is 0.890. The first-order valence-corrected chi connectivity index (χ1v) is 10.00. The van der Waals surface area contributed by atoms with Gasteiger partial charge in [0.2, 0.25) is 0 Å². The molecule has 6 heteroatoms. The molecule has 6 rings (SSSR count). The molecule has 30 heavy (non-hydrogen) atoms. The molecule has 1 aromatic carbocycles. The molecule has 0 saturated heterocycles. The van der Waals surface area contributed by atoms with Gasteiger partial charge in [-0.25, -0.2) is 9.50 Å². The molecule has 0 bridgehead atoms. The first-order chi connectivity index (χ1) is 14.7. The van der Waals surface area contributed by atoms with E-state index in [4.69, 9.17) is 4.74 Å². The van der Waals surface area contributed by atoms with Crippen LogP contribution in [0.1, 0.15) is 11.1 Å². The van der Waals surface area contributed by atoms with Gasteiger partial charge in [0.1, 0.15) is 11.4 Å². The number of pyridine rings is 2. The lowest BCUT2D eigenvalue weighted by molar-refractivity contribution is 0.353. The predicted molar refractivity (Wildman–Crippen MR) is 117 cm³/mol. The third-order valence-electron chi connectivity index (χ3n) is 5.99. The summed E-state index contributed by atoms with van der Waals surface area (Å²) in [5.41, 5.74) is 9.08. The van der Waals surface area contributed by atoms with Gasteiger partial charge in [0.15, 0.2) is 0 Å². The van der Waals surface area contributed by atoms with Crippen LogP contribution in [-0.4, -0.2) is 38.6 Å². The molecule has 0 unspecified atom stereocenters. The summed E-state index contributed by atoms with van der Waals surface area (Å²) in [6.07, 6.45) is 7.72. The lowest BCUT2D eigenvalue weighted by Gasteiger charge is -2.11. The molecule has 6 nitrogen and oxygen atoms in total. The number of H-pyrrole nitrogens is 1. The zero-order chi connectivity index (χ0) is 20.2. The van der Waals surface area contributed by atoms with Gasteiger partial charge < -0.3 is 9.72 Å². The zero-order valence-electron chi connectivity index (χ0n) is 16.9. The second-order valence-electron chi connectivity index (χ2n) is 7.90. The average Bonchev–Trinajstić information content (AvgIpc) is 3.48. The fraction of sp³-hybridized carbons (Fsp3) is 0.167. The molecule has 0 atom stereocenters. The van der Waals surface area contributed by atoms with Gasteiger partial charge in [-0.05, 0) is 65.7 Å². The number of rotatable bonds is 3.